The lowest BCUT2D eigenvalue weighted by atomic mass is 9.90. The molecule has 0 aromatic heterocycles. The number of nitrogens with two attached hydrogens (primary N) is 1. The third kappa shape index (κ3) is 4.30. The molecule has 18 heavy (non-hydrogen) atoms. The molecule has 1 aliphatic carbocycles. The zero-order chi connectivity index (χ0) is 12.8. The largest absolute Gasteiger partial charge is 0.493 e. The molecular formula is C15H21NOS. The Hall–Kier alpha value is -1.09. The summed E-state index contributed by atoms with van der Waals surface area (Å²) in [4.78, 5) is 0.533. The fraction of sp³-hybridized carbons (Fsp3) is 0.533. The first-order valence-corrected chi connectivity index (χ1v) is 7.15. The van der Waals surface area contributed by atoms with Gasteiger partial charge in [-0.15, -0.1) is 0 Å². The van der Waals surface area contributed by atoms with E-state index in [0.29, 0.717) is 11.4 Å². The van der Waals surface area contributed by atoms with E-state index in [9.17, 15) is 0 Å². The van der Waals surface area contributed by atoms with E-state index in [4.69, 9.17) is 22.7 Å². The zero-order valence-corrected chi connectivity index (χ0v) is 11.5. The van der Waals surface area contributed by atoms with Crippen LogP contribution in [0.15, 0.2) is 24.3 Å². The summed E-state index contributed by atoms with van der Waals surface area (Å²) < 4.78 is 5.84. The van der Waals surface area contributed by atoms with Crippen molar-refractivity contribution < 1.29 is 4.74 Å². The van der Waals surface area contributed by atoms with E-state index in [1.807, 2.05) is 24.3 Å². The van der Waals surface area contributed by atoms with Gasteiger partial charge in [-0.05, 0) is 36.5 Å². The van der Waals surface area contributed by atoms with Crippen LogP contribution >= 0.6 is 12.2 Å². The molecular weight excluding hydrogens is 242 g/mol. The molecule has 0 atom stereocenters. The third-order valence-electron chi connectivity index (χ3n) is 3.51. The Morgan fingerprint density at radius 2 is 1.83 bits per heavy atom. The minimum Gasteiger partial charge on any atom is -0.493 e. The summed E-state index contributed by atoms with van der Waals surface area (Å²) in [6, 6.07) is 8.09. The molecule has 0 heterocycles. The molecule has 2 nitrogen and oxygen atoms in total. The van der Waals surface area contributed by atoms with Crippen molar-refractivity contribution in [3.63, 3.8) is 0 Å². The SMILES string of the molecule is NC(=S)Cc1ccc(OCC2CCCCC2)cc1. The topological polar surface area (TPSA) is 35.2 Å². The highest BCUT2D eigenvalue weighted by atomic mass is 32.1. The Labute approximate surface area is 115 Å². The van der Waals surface area contributed by atoms with Gasteiger partial charge >= 0.3 is 0 Å². The summed E-state index contributed by atoms with van der Waals surface area (Å²) in [5.41, 5.74) is 6.66. The first kappa shape index (κ1) is 13.3. The number of rotatable bonds is 5. The monoisotopic (exact) mass is 263 g/mol. The molecule has 1 aromatic rings. The molecule has 1 saturated carbocycles. The first-order valence-electron chi connectivity index (χ1n) is 6.74. The third-order valence-corrected chi connectivity index (χ3v) is 3.66. The van der Waals surface area contributed by atoms with Crippen molar-refractivity contribution in [2.75, 3.05) is 6.61 Å². The van der Waals surface area contributed by atoms with Gasteiger partial charge in [-0.3, -0.25) is 0 Å². The van der Waals surface area contributed by atoms with E-state index in [0.717, 1.165) is 23.8 Å². The Morgan fingerprint density at radius 3 is 2.44 bits per heavy atom. The first-order chi connectivity index (χ1) is 8.74. The maximum absolute atomic E-state index is 5.84. The van der Waals surface area contributed by atoms with Crippen molar-refractivity contribution >= 4 is 17.2 Å². The molecule has 2 rings (SSSR count). The molecule has 0 saturated heterocycles. The Morgan fingerprint density at radius 1 is 1.17 bits per heavy atom. The lowest BCUT2D eigenvalue weighted by Gasteiger charge is -2.21. The van der Waals surface area contributed by atoms with Gasteiger partial charge in [-0.1, -0.05) is 43.6 Å². The summed E-state index contributed by atoms with van der Waals surface area (Å²) in [6.07, 6.45) is 7.42. The van der Waals surface area contributed by atoms with Crippen LogP contribution in [-0.2, 0) is 6.42 Å². The lowest BCUT2D eigenvalue weighted by Crippen LogP contribution is -2.15. The summed E-state index contributed by atoms with van der Waals surface area (Å²) in [6.45, 7) is 0.856. The number of hydrogen-bond donors (Lipinski definition) is 1. The number of benzene rings is 1. The van der Waals surface area contributed by atoms with Crippen molar-refractivity contribution in [2.45, 2.75) is 38.5 Å². The van der Waals surface area contributed by atoms with Crippen LogP contribution in [0.4, 0.5) is 0 Å². The molecule has 98 valence electrons. The van der Waals surface area contributed by atoms with Gasteiger partial charge in [0.05, 0.1) is 11.6 Å². The molecule has 1 fully saturated rings. The Kier molecular flexibility index (Phi) is 5.00. The van der Waals surface area contributed by atoms with Crippen molar-refractivity contribution in [3.8, 4) is 5.75 Å². The van der Waals surface area contributed by atoms with Gasteiger partial charge in [0.25, 0.3) is 0 Å². The molecule has 0 bridgehead atoms. The van der Waals surface area contributed by atoms with Crippen LogP contribution in [0.25, 0.3) is 0 Å². The van der Waals surface area contributed by atoms with Gasteiger partial charge in [0, 0.05) is 6.42 Å². The van der Waals surface area contributed by atoms with Crippen molar-refractivity contribution in [1.29, 1.82) is 0 Å². The van der Waals surface area contributed by atoms with Gasteiger partial charge in [0.15, 0.2) is 0 Å². The molecule has 0 radical (unpaired) electrons. The second-order valence-corrected chi connectivity index (χ2v) is 5.63. The van der Waals surface area contributed by atoms with Crippen molar-refractivity contribution in [1.82, 2.24) is 0 Å². The summed E-state index contributed by atoms with van der Waals surface area (Å²) in [5, 5.41) is 0. The molecule has 3 heteroatoms. The standard InChI is InChI=1S/C15H21NOS/c16-15(18)10-12-6-8-14(9-7-12)17-11-13-4-2-1-3-5-13/h6-9,13H,1-5,10-11H2,(H2,16,18). The van der Waals surface area contributed by atoms with Gasteiger partial charge in [-0.25, -0.2) is 0 Å². The van der Waals surface area contributed by atoms with Crippen LogP contribution < -0.4 is 10.5 Å². The van der Waals surface area contributed by atoms with Crippen molar-refractivity contribution in [2.24, 2.45) is 11.7 Å². The van der Waals surface area contributed by atoms with Crippen LogP contribution in [0, 0.1) is 5.92 Å². The average molecular weight is 263 g/mol. The summed E-state index contributed by atoms with van der Waals surface area (Å²) in [5.74, 6) is 1.70. The van der Waals surface area contributed by atoms with E-state index in [1.54, 1.807) is 0 Å². The molecule has 0 aliphatic heterocycles. The Bertz CT molecular complexity index is 382. The average Bonchev–Trinajstić information content (AvgIpc) is 2.38. The van der Waals surface area contributed by atoms with Crippen LogP contribution in [0.1, 0.15) is 37.7 Å². The summed E-state index contributed by atoms with van der Waals surface area (Å²) >= 11 is 4.89. The quantitative estimate of drug-likeness (QED) is 0.826. The fourth-order valence-electron chi connectivity index (χ4n) is 2.47. The highest BCUT2D eigenvalue weighted by molar-refractivity contribution is 7.80. The highest BCUT2D eigenvalue weighted by Crippen LogP contribution is 2.24. The fourth-order valence-corrected chi connectivity index (χ4v) is 2.64. The smallest absolute Gasteiger partial charge is 0.119 e. The molecule has 0 unspecified atom stereocenters. The van der Waals surface area contributed by atoms with Crippen LogP contribution in [0.3, 0.4) is 0 Å². The maximum Gasteiger partial charge on any atom is 0.119 e. The molecule has 0 spiro atoms. The molecule has 1 aromatic carbocycles. The normalized spacial score (nSPS) is 16.4. The second-order valence-electron chi connectivity index (χ2n) is 5.10. The van der Waals surface area contributed by atoms with Gasteiger partial charge < -0.3 is 10.5 Å². The summed E-state index contributed by atoms with van der Waals surface area (Å²) in [7, 11) is 0. The van der Waals surface area contributed by atoms with Crippen molar-refractivity contribution in [3.05, 3.63) is 29.8 Å². The zero-order valence-electron chi connectivity index (χ0n) is 10.7. The van der Waals surface area contributed by atoms with Crippen LogP contribution in [0.5, 0.6) is 5.75 Å². The number of thiocarbonyl (C=S) groups is 1. The lowest BCUT2D eigenvalue weighted by molar-refractivity contribution is 0.209. The minimum atomic E-state index is 0.533. The van der Waals surface area contributed by atoms with E-state index < -0.39 is 0 Å². The number of hydrogen-bond acceptors (Lipinski definition) is 2. The van der Waals surface area contributed by atoms with E-state index in [1.165, 1.54) is 32.1 Å². The number of ether oxygens (including phenoxy) is 1. The maximum atomic E-state index is 5.84. The van der Waals surface area contributed by atoms with E-state index in [-0.39, 0.29) is 0 Å². The van der Waals surface area contributed by atoms with Crippen LogP contribution in [-0.4, -0.2) is 11.6 Å². The minimum absolute atomic E-state index is 0.533. The van der Waals surface area contributed by atoms with E-state index in [2.05, 4.69) is 0 Å². The molecule has 2 N–H and O–H groups in total. The van der Waals surface area contributed by atoms with Crippen LogP contribution in [0.2, 0.25) is 0 Å². The Balaban J connectivity index is 1.80. The highest BCUT2D eigenvalue weighted by Gasteiger charge is 2.13. The van der Waals surface area contributed by atoms with E-state index >= 15 is 0 Å². The van der Waals surface area contributed by atoms with Gasteiger partial charge in [0.2, 0.25) is 0 Å². The van der Waals surface area contributed by atoms with Gasteiger partial charge in [-0.2, -0.15) is 0 Å². The predicted octanol–water partition coefficient (Wildman–Crippen LogP) is 3.47. The molecule has 0 amide bonds. The van der Waals surface area contributed by atoms with Gasteiger partial charge in [0.1, 0.15) is 5.75 Å². The predicted molar refractivity (Wildman–Crippen MR) is 79.0 cm³/mol. The molecule has 1 aliphatic rings. The second kappa shape index (κ2) is 6.74.